The minimum Gasteiger partial charge on any atom is -0.388 e. The zero-order chi connectivity index (χ0) is 13.2. The largest absolute Gasteiger partial charge is 0.388 e. The van der Waals surface area contributed by atoms with E-state index in [2.05, 4.69) is 0 Å². The van der Waals surface area contributed by atoms with E-state index < -0.39 is 44.5 Å². The van der Waals surface area contributed by atoms with Crippen molar-refractivity contribution < 1.29 is 39.1 Å². The Morgan fingerprint density at radius 1 is 1.18 bits per heavy atom. The van der Waals surface area contributed by atoms with Gasteiger partial charge in [0.2, 0.25) is 0 Å². The number of ether oxygens (including phenoxy) is 2. The summed E-state index contributed by atoms with van der Waals surface area (Å²) in [5, 5.41) is 28.5. The Balaban J connectivity index is 2.62. The first-order valence-corrected chi connectivity index (χ1v) is 6.83. The van der Waals surface area contributed by atoms with Crippen LogP contribution < -0.4 is 0 Å². The molecule has 1 unspecified atom stereocenters. The average Bonchev–Trinajstić information content (AvgIpc) is 2.24. The molecule has 1 saturated heterocycles. The highest BCUT2D eigenvalue weighted by molar-refractivity contribution is 7.51. The van der Waals surface area contributed by atoms with Crippen molar-refractivity contribution >= 4 is 7.60 Å². The first kappa shape index (κ1) is 15.0. The number of aliphatic hydroxyl groups is 3. The van der Waals surface area contributed by atoms with Crippen molar-refractivity contribution in [3.63, 3.8) is 0 Å². The maximum absolute atomic E-state index is 10.7. The van der Waals surface area contributed by atoms with Crippen molar-refractivity contribution in [1.82, 2.24) is 0 Å². The molecule has 0 radical (unpaired) electrons. The Labute approximate surface area is 97.9 Å². The lowest BCUT2D eigenvalue weighted by Crippen LogP contribution is -2.58. The van der Waals surface area contributed by atoms with Gasteiger partial charge in [-0.05, 0) is 6.42 Å². The molecule has 0 amide bonds. The fourth-order valence-corrected chi connectivity index (χ4v) is 2.24. The topological polar surface area (TPSA) is 137 Å². The van der Waals surface area contributed by atoms with Crippen LogP contribution in [-0.4, -0.2) is 69.1 Å². The Kier molecular flexibility index (Phi) is 5.06. The van der Waals surface area contributed by atoms with Gasteiger partial charge in [0.05, 0.1) is 12.3 Å². The fourth-order valence-electron chi connectivity index (χ4n) is 1.65. The Morgan fingerprint density at radius 2 is 1.76 bits per heavy atom. The molecule has 0 aromatic rings. The van der Waals surface area contributed by atoms with Crippen LogP contribution in [0.1, 0.15) is 6.42 Å². The lowest BCUT2D eigenvalue weighted by molar-refractivity contribution is -0.289. The summed E-state index contributed by atoms with van der Waals surface area (Å²) in [6, 6.07) is 0. The third kappa shape index (κ3) is 3.97. The number of aliphatic hydroxyl groups excluding tert-OH is 3. The van der Waals surface area contributed by atoms with E-state index in [0.717, 1.165) is 0 Å². The first-order valence-electron chi connectivity index (χ1n) is 5.03. The summed E-state index contributed by atoms with van der Waals surface area (Å²) in [5.41, 5.74) is 0. The predicted molar refractivity (Wildman–Crippen MR) is 55.2 cm³/mol. The third-order valence-corrected chi connectivity index (χ3v) is 3.45. The molecule has 1 fully saturated rings. The molecule has 9 heteroatoms. The number of rotatable bonds is 4. The normalized spacial score (nSPS) is 39.3. The molecule has 0 aromatic carbocycles. The predicted octanol–water partition coefficient (Wildman–Crippen LogP) is -1.99. The molecule has 0 aliphatic carbocycles. The fraction of sp³-hybridized carbons (Fsp3) is 1.00. The molecule has 1 heterocycles. The van der Waals surface area contributed by atoms with Gasteiger partial charge < -0.3 is 34.6 Å². The molecular formula is C8H17O8P. The summed E-state index contributed by atoms with van der Waals surface area (Å²) in [5.74, 6) is 0. The van der Waals surface area contributed by atoms with E-state index in [1.165, 1.54) is 7.11 Å². The van der Waals surface area contributed by atoms with Crippen LogP contribution in [0.15, 0.2) is 0 Å². The van der Waals surface area contributed by atoms with Crippen molar-refractivity contribution in [2.24, 2.45) is 0 Å². The molecule has 102 valence electrons. The van der Waals surface area contributed by atoms with E-state index >= 15 is 0 Å². The molecule has 0 saturated carbocycles. The van der Waals surface area contributed by atoms with Gasteiger partial charge in [0.25, 0.3) is 0 Å². The highest BCUT2D eigenvalue weighted by Crippen LogP contribution is 2.37. The van der Waals surface area contributed by atoms with Gasteiger partial charge in [0, 0.05) is 7.11 Å². The summed E-state index contributed by atoms with van der Waals surface area (Å²) in [4.78, 5) is 17.4. The van der Waals surface area contributed by atoms with E-state index in [4.69, 9.17) is 19.3 Å². The van der Waals surface area contributed by atoms with Crippen LogP contribution in [0.5, 0.6) is 0 Å². The van der Waals surface area contributed by atoms with Gasteiger partial charge in [-0.25, -0.2) is 0 Å². The summed E-state index contributed by atoms with van der Waals surface area (Å²) < 4.78 is 20.5. The second-order valence-electron chi connectivity index (χ2n) is 3.93. The summed E-state index contributed by atoms with van der Waals surface area (Å²) in [7, 11) is -2.95. The van der Waals surface area contributed by atoms with E-state index in [1.54, 1.807) is 0 Å². The zero-order valence-corrected chi connectivity index (χ0v) is 10.1. The zero-order valence-electron chi connectivity index (χ0n) is 9.21. The lowest BCUT2D eigenvalue weighted by atomic mass is 9.97. The molecule has 0 spiro atoms. The maximum atomic E-state index is 10.7. The van der Waals surface area contributed by atoms with Crippen molar-refractivity contribution in [3.05, 3.63) is 0 Å². The van der Waals surface area contributed by atoms with Gasteiger partial charge in [0.1, 0.15) is 18.3 Å². The van der Waals surface area contributed by atoms with Gasteiger partial charge in [-0.15, -0.1) is 0 Å². The van der Waals surface area contributed by atoms with E-state index in [-0.39, 0.29) is 6.42 Å². The van der Waals surface area contributed by atoms with Crippen molar-refractivity contribution in [1.29, 1.82) is 0 Å². The van der Waals surface area contributed by atoms with Crippen LogP contribution >= 0.6 is 7.60 Å². The molecule has 1 aliphatic heterocycles. The van der Waals surface area contributed by atoms with E-state index in [1.807, 2.05) is 0 Å². The molecular weight excluding hydrogens is 255 g/mol. The van der Waals surface area contributed by atoms with Crippen molar-refractivity contribution in [3.8, 4) is 0 Å². The second-order valence-corrected chi connectivity index (χ2v) is 5.70. The SMILES string of the molecule is COC1O[C@H](CCP(=O)(O)O)[C@@H](O)[C@H](O)[C@@H]1O. The Bertz CT molecular complexity index is 289. The standard InChI is InChI=1S/C8H17O8P/c1-15-8-7(11)6(10)5(9)4(16-8)2-3-17(12,13)14/h4-11H,2-3H2,1H3,(H2,12,13,14)/t4-,5-,6+,7+,8?/m1/s1. The van der Waals surface area contributed by atoms with Crippen LogP contribution in [0.25, 0.3) is 0 Å². The molecule has 1 aliphatic rings. The van der Waals surface area contributed by atoms with Crippen molar-refractivity contribution in [2.45, 2.75) is 37.1 Å². The molecule has 0 bridgehead atoms. The van der Waals surface area contributed by atoms with E-state index in [9.17, 15) is 19.9 Å². The highest BCUT2D eigenvalue weighted by atomic mass is 31.2. The average molecular weight is 272 g/mol. The Hall–Kier alpha value is -0.0500. The second kappa shape index (κ2) is 5.73. The van der Waals surface area contributed by atoms with Crippen LogP contribution in [0.4, 0.5) is 0 Å². The molecule has 8 nitrogen and oxygen atoms in total. The minimum atomic E-state index is -4.20. The minimum absolute atomic E-state index is 0.144. The first-order chi connectivity index (χ1) is 7.76. The monoisotopic (exact) mass is 272 g/mol. The molecule has 17 heavy (non-hydrogen) atoms. The van der Waals surface area contributed by atoms with Crippen LogP contribution in [0.2, 0.25) is 0 Å². The van der Waals surface area contributed by atoms with Gasteiger partial charge in [-0.3, -0.25) is 4.57 Å². The Morgan fingerprint density at radius 3 is 2.24 bits per heavy atom. The van der Waals surface area contributed by atoms with Crippen LogP contribution in [0.3, 0.4) is 0 Å². The molecule has 0 aromatic heterocycles. The summed E-state index contributed by atoms with van der Waals surface area (Å²) in [6.07, 6.45) is -7.04. The maximum Gasteiger partial charge on any atom is 0.325 e. The number of hydrogen-bond donors (Lipinski definition) is 5. The third-order valence-electron chi connectivity index (χ3n) is 2.61. The smallest absolute Gasteiger partial charge is 0.325 e. The summed E-state index contributed by atoms with van der Waals surface area (Å²) >= 11 is 0. The van der Waals surface area contributed by atoms with Crippen LogP contribution in [-0.2, 0) is 14.0 Å². The van der Waals surface area contributed by atoms with Gasteiger partial charge in [0.15, 0.2) is 6.29 Å². The van der Waals surface area contributed by atoms with E-state index in [0.29, 0.717) is 0 Å². The summed E-state index contributed by atoms with van der Waals surface area (Å²) in [6.45, 7) is 0. The lowest BCUT2D eigenvalue weighted by Gasteiger charge is -2.39. The van der Waals surface area contributed by atoms with Gasteiger partial charge in [-0.1, -0.05) is 0 Å². The molecule has 5 atom stereocenters. The van der Waals surface area contributed by atoms with Crippen LogP contribution in [0, 0.1) is 0 Å². The highest BCUT2D eigenvalue weighted by Gasteiger charge is 2.44. The van der Waals surface area contributed by atoms with Crippen molar-refractivity contribution in [2.75, 3.05) is 13.3 Å². The molecule has 1 rings (SSSR count). The quantitative estimate of drug-likeness (QED) is 0.371. The molecule has 5 N–H and O–H groups in total. The van der Waals surface area contributed by atoms with Gasteiger partial charge >= 0.3 is 7.60 Å². The number of methoxy groups -OCH3 is 1. The van der Waals surface area contributed by atoms with Gasteiger partial charge in [-0.2, -0.15) is 0 Å². The number of hydrogen-bond acceptors (Lipinski definition) is 6.